The summed E-state index contributed by atoms with van der Waals surface area (Å²) in [5.41, 5.74) is 2.28. The van der Waals surface area contributed by atoms with Gasteiger partial charge in [0, 0.05) is 10.9 Å². The number of carbonyl (C=O) groups excluding carboxylic acids is 4. The number of carbonyl (C=O) groups is 4. The summed E-state index contributed by atoms with van der Waals surface area (Å²) in [5.74, 6) is -1.44. The number of fused-ring (bicyclic) bond motifs is 1. The Morgan fingerprint density at radius 3 is 2.69 bits per heavy atom. The maximum absolute atomic E-state index is 12.7. The van der Waals surface area contributed by atoms with Crippen molar-refractivity contribution < 1.29 is 23.9 Å². The Morgan fingerprint density at radius 2 is 1.97 bits per heavy atom. The SMILES string of the molecule is CC1CCC2(CC1)NC(=O)N(NC(=O)COC(=O)c1cc3ccccc3[nH]1)C2=O. The van der Waals surface area contributed by atoms with E-state index in [2.05, 4.69) is 22.7 Å². The zero-order chi connectivity index (χ0) is 20.6. The predicted molar refractivity (Wildman–Crippen MR) is 102 cm³/mol. The predicted octanol–water partition coefficient (Wildman–Crippen LogP) is 1.86. The molecule has 152 valence electrons. The van der Waals surface area contributed by atoms with Gasteiger partial charge in [-0.3, -0.25) is 15.0 Å². The maximum atomic E-state index is 12.7. The number of hydrogen-bond acceptors (Lipinski definition) is 5. The second-order valence-corrected chi connectivity index (χ2v) is 7.72. The van der Waals surface area contributed by atoms with E-state index in [0.29, 0.717) is 23.8 Å². The molecule has 29 heavy (non-hydrogen) atoms. The number of imide groups is 1. The number of amides is 4. The molecule has 1 saturated heterocycles. The van der Waals surface area contributed by atoms with Gasteiger partial charge in [0.25, 0.3) is 11.8 Å². The Labute approximate surface area is 166 Å². The monoisotopic (exact) mass is 398 g/mol. The number of aromatic amines is 1. The molecule has 1 aliphatic carbocycles. The Hall–Kier alpha value is -3.36. The largest absolute Gasteiger partial charge is 0.451 e. The summed E-state index contributed by atoms with van der Waals surface area (Å²) in [6.45, 7) is 1.49. The molecule has 4 rings (SSSR count). The van der Waals surface area contributed by atoms with E-state index in [1.165, 1.54) is 0 Å². The molecule has 3 N–H and O–H groups in total. The summed E-state index contributed by atoms with van der Waals surface area (Å²) in [7, 11) is 0. The lowest BCUT2D eigenvalue weighted by atomic mass is 9.77. The van der Waals surface area contributed by atoms with Crippen LogP contribution in [0.3, 0.4) is 0 Å². The molecular formula is C20H22N4O5. The fraction of sp³-hybridized carbons (Fsp3) is 0.400. The number of ether oxygens (including phenoxy) is 1. The first-order chi connectivity index (χ1) is 13.9. The van der Waals surface area contributed by atoms with Crippen LogP contribution in [0.4, 0.5) is 4.79 Å². The summed E-state index contributed by atoms with van der Waals surface area (Å²) in [6.07, 6.45) is 2.74. The summed E-state index contributed by atoms with van der Waals surface area (Å²) in [5, 5.41) is 4.24. The van der Waals surface area contributed by atoms with Gasteiger partial charge in [-0.2, -0.15) is 5.01 Å². The van der Waals surface area contributed by atoms with Crippen LogP contribution >= 0.6 is 0 Å². The van der Waals surface area contributed by atoms with Gasteiger partial charge < -0.3 is 15.0 Å². The van der Waals surface area contributed by atoms with Crippen LogP contribution in [-0.2, 0) is 14.3 Å². The molecule has 0 radical (unpaired) electrons. The van der Waals surface area contributed by atoms with Crippen LogP contribution in [0.15, 0.2) is 30.3 Å². The van der Waals surface area contributed by atoms with E-state index in [-0.39, 0.29) is 5.69 Å². The standard InChI is InChI=1S/C20H22N4O5/c1-12-6-8-20(9-7-12)18(27)24(19(28)22-20)23-16(25)11-29-17(26)15-10-13-4-2-3-5-14(13)21-15/h2-5,10,12,21H,6-9,11H2,1H3,(H,22,28)(H,23,25). The molecule has 0 unspecified atom stereocenters. The molecule has 9 nitrogen and oxygen atoms in total. The smallest absolute Gasteiger partial charge is 0.355 e. The number of nitrogens with zero attached hydrogens (tertiary/aromatic N) is 1. The number of nitrogens with one attached hydrogen (secondary N) is 3. The first-order valence-corrected chi connectivity index (χ1v) is 9.59. The van der Waals surface area contributed by atoms with Crippen molar-refractivity contribution >= 4 is 34.7 Å². The Balaban J connectivity index is 1.34. The molecule has 0 atom stereocenters. The lowest BCUT2D eigenvalue weighted by Gasteiger charge is -2.33. The fourth-order valence-corrected chi connectivity index (χ4v) is 3.86. The third-order valence-corrected chi connectivity index (χ3v) is 5.61. The van der Waals surface area contributed by atoms with Crippen LogP contribution in [0, 0.1) is 5.92 Å². The lowest BCUT2D eigenvalue weighted by Crippen LogP contribution is -2.52. The van der Waals surface area contributed by atoms with E-state index < -0.39 is 36.0 Å². The van der Waals surface area contributed by atoms with Gasteiger partial charge >= 0.3 is 12.0 Å². The number of urea groups is 1. The first-order valence-electron chi connectivity index (χ1n) is 9.59. The van der Waals surface area contributed by atoms with Crippen molar-refractivity contribution in [1.82, 2.24) is 20.7 Å². The summed E-state index contributed by atoms with van der Waals surface area (Å²) >= 11 is 0. The average molecular weight is 398 g/mol. The van der Waals surface area contributed by atoms with Gasteiger partial charge in [-0.15, -0.1) is 0 Å². The van der Waals surface area contributed by atoms with Gasteiger partial charge in [0.2, 0.25) is 0 Å². The third-order valence-electron chi connectivity index (χ3n) is 5.61. The average Bonchev–Trinajstić information content (AvgIpc) is 3.24. The molecule has 2 fully saturated rings. The van der Waals surface area contributed by atoms with Crippen molar-refractivity contribution in [2.24, 2.45) is 5.92 Å². The molecule has 4 amide bonds. The number of aromatic nitrogens is 1. The Morgan fingerprint density at radius 1 is 1.24 bits per heavy atom. The number of benzene rings is 1. The summed E-state index contributed by atoms with van der Waals surface area (Å²) in [6, 6.07) is 8.30. The number of esters is 1. The minimum Gasteiger partial charge on any atom is -0.451 e. The Bertz CT molecular complexity index is 957. The molecular weight excluding hydrogens is 376 g/mol. The highest BCUT2D eigenvalue weighted by Gasteiger charge is 2.52. The zero-order valence-electron chi connectivity index (χ0n) is 16.0. The van der Waals surface area contributed by atoms with Gasteiger partial charge in [0.05, 0.1) is 0 Å². The third kappa shape index (κ3) is 3.55. The summed E-state index contributed by atoms with van der Waals surface area (Å²) < 4.78 is 5.00. The quantitative estimate of drug-likeness (QED) is 0.536. The van der Waals surface area contributed by atoms with Crippen LogP contribution in [0.1, 0.15) is 43.1 Å². The van der Waals surface area contributed by atoms with Crippen LogP contribution in [0.2, 0.25) is 0 Å². The molecule has 1 spiro atoms. The van der Waals surface area contributed by atoms with Crippen LogP contribution in [0.5, 0.6) is 0 Å². The van der Waals surface area contributed by atoms with Crippen LogP contribution in [-0.4, -0.2) is 46.0 Å². The first kappa shape index (κ1) is 19.0. The minimum atomic E-state index is -0.947. The van der Waals surface area contributed by atoms with Crippen molar-refractivity contribution in [3.8, 4) is 0 Å². The molecule has 9 heteroatoms. The molecule has 1 aromatic carbocycles. The molecule has 2 aromatic rings. The molecule has 1 aromatic heterocycles. The van der Waals surface area contributed by atoms with E-state index in [1.807, 2.05) is 24.3 Å². The number of hydrogen-bond donors (Lipinski definition) is 3. The fourth-order valence-electron chi connectivity index (χ4n) is 3.86. The van der Waals surface area contributed by atoms with Gasteiger partial charge in [0.15, 0.2) is 6.61 Å². The Kier molecular flexibility index (Phi) is 4.73. The van der Waals surface area contributed by atoms with E-state index in [0.717, 1.165) is 23.7 Å². The topological polar surface area (TPSA) is 121 Å². The molecule has 1 aliphatic heterocycles. The number of hydrazine groups is 1. The highest BCUT2D eigenvalue weighted by molar-refractivity contribution is 6.08. The zero-order valence-corrected chi connectivity index (χ0v) is 16.0. The van der Waals surface area contributed by atoms with E-state index in [1.54, 1.807) is 6.07 Å². The highest BCUT2D eigenvalue weighted by Crippen LogP contribution is 2.35. The maximum Gasteiger partial charge on any atom is 0.355 e. The van der Waals surface area contributed by atoms with Crippen molar-refractivity contribution in [3.05, 3.63) is 36.0 Å². The van der Waals surface area contributed by atoms with E-state index in [9.17, 15) is 19.2 Å². The minimum absolute atomic E-state index is 0.212. The number of rotatable bonds is 4. The van der Waals surface area contributed by atoms with Crippen molar-refractivity contribution in [3.63, 3.8) is 0 Å². The van der Waals surface area contributed by atoms with Crippen molar-refractivity contribution in [2.75, 3.05) is 6.61 Å². The van der Waals surface area contributed by atoms with Crippen molar-refractivity contribution in [1.29, 1.82) is 0 Å². The second kappa shape index (κ2) is 7.23. The molecule has 2 heterocycles. The van der Waals surface area contributed by atoms with Gasteiger partial charge in [-0.1, -0.05) is 25.1 Å². The lowest BCUT2D eigenvalue weighted by molar-refractivity contribution is -0.141. The highest BCUT2D eigenvalue weighted by atomic mass is 16.5. The molecule has 2 aliphatic rings. The van der Waals surface area contributed by atoms with E-state index in [4.69, 9.17) is 4.74 Å². The van der Waals surface area contributed by atoms with Crippen molar-refractivity contribution in [2.45, 2.75) is 38.1 Å². The van der Waals surface area contributed by atoms with Crippen LogP contribution < -0.4 is 10.7 Å². The normalized spacial score (nSPS) is 24.0. The molecule has 1 saturated carbocycles. The van der Waals surface area contributed by atoms with Crippen LogP contribution in [0.25, 0.3) is 10.9 Å². The van der Waals surface area contributed by atoms with Gasteiger partial charge in [-0.25, -0.2) is 9.59 Å². The second-order valence-electron chi connectivity index (χ2n) is 7.72. The number of H-pyrrole nitrogens is 1. The van der Waals surface area contributed by atoms with E-state index >= 15 is 0 Å². The molecule has 0 bridgehead atoms. The van der Waals surface area contributed by atoms with Gasteiger partial charge in [0.1, 0.15) is 11.2 Å². The number of para-hydroxylation sites is 1. The summed E-state index contributed by atoms with van der Waals surface area (Å²) in [4.78, 5) is 52.1. The van der Waals surface area contributed by atoms with Gasteiger partial charge in [-0.05, 0) is 43.7 Å².